The van der Waals surface area contributed by atoms with Gasteiger partial charge in [-0.2, -0.15) is 5.10 Å². The summed E-state index contributed by atoms with van der Waals surface area (Å²) in [6.07, 6.45) is 4.86. The van der Waals surface area contributed by atoms with E-state index in [2.05, 4.69) is 10.00 Å². The Balaban J connectivity index is 2.05. The van der Waals surface area contributed by atoms with Crippen molar-refractivity contribution in [3.05, 3.63) is 17.5 Å². The molecule has 0 fully saturated rings. The normalized spacial score (nSPS) is 19.2. The Kier molecular flexibility index (Phi) is 3.61. The molecular formula is C12H21N3O. The third kappa shape index (κ3) is 2.44. The number of β-amino-alcohol motifs (C(OH)–C–C–N with tert-alkyl or cyclic N) is 1. The first-order valence-corrected chi connectivity index (χ1v) is 6.11. The van der Waals surface area contributed by atoms with Crippen LogP contribution in [0.15, 0.2) is 6.20 Å². The summed E-state index contributed by atoms with van der Waals surface area (Å²) in [7, 11) is 2.01. The van der Waals surface area contributed by atoms with Crippen LogP contribution in [0.1, 0.15) is 31.0 Å². The molecule has 0 saturated carbocycles. The molecule has 16 heavy (non-hydrogen) atoms. The van der Waals surface area contributed by atoms with Crippen molar-refractivity contribution in [2.24, 2.45) is 7.05 Å². The molecule has 0 radical (unpaired) electrons. The predicted octanol–water partition coefficient (Wildman–Crippen LogP) is 0.939. The monoisotopic (exact) mass is 223 g/mol. The maximum absolute atomic E-state index is 9.69. The molecule has 1 aromatic heterocycles. The van der Waals surface area contributed by atoms with Gasteiger partial charge in [-0.25, -0.2) is 0 Å². The molecule has 2 rings (SSSR count). The van der Waals surface area contributed by atoms with E-state index < -0.39 is 0 Å². The van der Waals surface area contributed by atoms with Gasteiger partial charge in [0, 0.05) is 31.4 Å². The molecule has 90 valence electrons. The molecule has 0 saturated heterocycles. The van der Waals surface area contributed by atoms with Crippen LogP contribution in [0.4, 0.5) is 0 Å². The van der Waals surface area contributed by atoms with Crippen molar-refractivity contribution in [1.82, 2.24) is 14.7 Å². The third-order valence-corrected chi connectivity index (χ3v) is 3.37. The molecule has 0 bridgehead atoms. The minimum atomic E-state index is -0.196. The summed E-state index contributed by atoms with van der Waals surface area (Å²) in [5.41, 5.74) is 2.68. The van der Waals surface area contributed by atoms with E-state index in [0.717, 1.165) is 38.9 Å². The molecule has 1 N–H and O–H groups in total. The fraction of sp³-hybridized carbons (Fsp3) is 0.750. The molecule has 1 aromatic rings. The number of aryl methyl sites for hydroxylation is 1. The summed E-state index contributed by atoms with van der Waals surface area (Å²) in [6.45, 7) is 4.81. The predicted molar refractivity (Wildman–Crippen MR) is 63.1 cm³/mol. The lowest BCUT2D eigenvalue weighted by Gasteiger charge is -2.22. The Labute approximate surface area is 96.9 Å². The highest BCUT2D eigenvalue weighted by molar-refractivity contribution is 5.19. The first kappa shape index (κ1) is 11.6. The van der Waals surface area contributed by atoms with E-state index in [9.17, 15) is 5.11 Å². The minimum absolute atomic E-state index is 0.196. The van der Waals surface area contributed by atoms with E-state index in [4.69, 9.17) is 0 Å². The summed E-state index contributed by atoms with van der Waals surface area (Å²) >= 11 is 0. The summed E-state index contributed by atoms with van der Waals surface area (Å²) in [5, 5.41) is 14.0. The largest absolute Gasteiger partial charge is 0.392 e. The van der Waals surface area contributed by atoms with Crippen LogP contribution in [-0.4, -0.2) is 39.0 Å². The number of aromatic nitrogens is 2. The highest BCUT2D eigenvalue weighted by Gasteiger charge is 2.18. The molecule has 4 heteroatoms. The zero-order valence-corrected chi connectivity index (χ0v) is 10.2. The number of rotatable bonds is 3. The van der Waals surface area contributed by atoms with Crippen LogP contribution < -0.4 is 0 Å². The second-order valence-electron chi connectivity index (χ2n) is 4.64. The second kappa shape index (κ2) is 4.97. The molecule has 2 heterocycles. The van der Waals surface area contributed by atoms with Gasteiger partial charge >= 0.3 is 0 Å². The SMILES string of the molecule is CC[C@@H](O)CN1CCCc2c(cnn2C)C1. The van der Waals surface area contributed by atoms with Crippen molar-refractivity contribution >= 4 is 0 Å². The van der Waals surface area contributed by atoms with Gasteiger partial charge in [-0.05, 0) is 25.8 Å². The molecule has 1 atom stereocenters. The Morgan fingerprint density at radius 2 is 2.38 bits per heavy atom. The highest BCUT2D eigenvalue weighted by atomic mass is 16.3. The molecule has 0 amide bonds. The van der Waals surface area contributed by atoms with Gasteiger partial charge in [0.2, 0.25) is 0 Å². The summed E-state index contributed by atoms with van der Waals surface area (Å²) < 4.78 is 1.98. The molecular weight excluding hydrogens is 202 g/mol. The lowest BCUT2D eigenvalue weighted by molar-refractivity contribution is 0.106. The molecule has 0 unspecified atom stereocenters. The van der Waals surface area contributed by atoms with E-state index >= 15 is 0 Å². The Morgan fingerprint density at radius 1 is 1.56 bits per heavy atom. The summed E-state index contributed by atoms with van der Waals surface area (Å²) in [4.78, 5) is 2.34. The molecule has 1 aliphatic heterocycles. The summed E-state index contributed by atoms with van der Waals surface area (Å²) in [6, 6.07) is 0. The van der Waals surface area contributed by atoms with Crippen LogP contribution in [0.25, 0.3) is 0 Å². The Bertz CT molecular complexity index is 348. The van der Waals surface area contributed by atoms with Gasteiger partial charge < -0.3 is 5.11 Å². The van der Waals surface area contributed by atoms with Gasteiger partial charge in [-0.3, -0.25) is 9.58 Å². The van der Waals surface area contributed by atoms with Gasteiger partial charge in [0.1, 0.15) is 0 Å². The number of fused-ring (bicyclic) bond motifs is 1. The number of nitrogens with zero attached hydrogens (tertiary/aromatic N) is 3. The maximum atomic E-state index is 9.69. The molecule has 0 spiro atoms. The van der Waals surface area contributed by atoms with Crippen LogP contribution in [0.5, 0.6) is 0 Å². The first-order chi connectivity index (χ1) is 7.70. The lowest BCUT2D eigenvalue weighted by Crippen LogP contribution is -2.31. The molecule has 0 aliphatic carbocycles. The van der Waals surface area contributed by atoms with Crippen LogP contribution in [0.2, 0.25) is 0 Å². The lowest BCUT2D eigenvalue weighted by atomic mass is 10.2. The zero-order chi connectivity index (χ0) is 11.5. The van der Waals surface area contributed by atoms with Crippen molar-refractivity contribution < 1.29 is 5.11 Å². The van der Waals surface area contributed by atoms with Crippen LogP contribution in [-0.2, 0) is 20.0 Å². The number of aliphatic hydroxyl groups is 1. The standard InChI is InChI=1S/C12H21N3O/c1-3-11(16)9-15-6-4-5-12-10(8-15)7-13-14(12)2/h7,11,16H,3-6,8-9H2,1-2H3/t11-/m1/s1. The maximum Gasteiger partial charge on any atom is 0.0664 e. The number of hydrogen-bond acceptors (Lipinski definition) is 3. The van der Waals surface area contributed by atoms with E-state index in [0.29, 0.717) is 0 Å². The Morgan fingerprint density at radius 3 is 3.12 bits per heavy atom. The van der Waals surface area contributed by atoms with Crippen molar-refractivity contribution in [2.75, 3.05) is 13.1 Å². The van der Waals surface area contributed by atoms with Gasteiger partial charge in [0.15, 0.2) is 0 Å². The zero-order valence-electron chi connectivity index (χ0n) is 10.2. The fourth-order valence-electron chi connectivity index (χ4n) is 2.34. The average Bonchev–Trinajstić information content (AvgIpc) is 2.52. The van der Waals surface area contributed by atoms with Crippen LogP contribution >= 0.6 is 0 Å². The van der Waals surface area contributed by atoms with Crippen molar-refractivity contribution in [1.29, 1.82) is 0 Å². The van der Waals surface area contributed by atoms with E-state index in [1.165, 1.54) is 11.3 Å². The van der Waals surface area contributed by atoms with Crippen molar-refractivity contribution in [3.63, 3.8) is 0 Å². The van der Waals surface area contributed by atoms with Gasteiger partial charge in [0.05, 0.1) is 12.3 Å². The number of aliphatic hydroxyl groups excluding tert-OH is 1. The molecule has 0 aromatic carbocycles. The van der Waals surface area contributed by atoms with E-state index in [1.807, 2.05) is 24.9 Å². The smallest absolute Gasteiger partial charge is 0.0664 e. The number of hydrogen-bond donors (Lipinski definition) is 1. The van der Waals surface area contributed by atoms with Crippen LogP contribution in [0.3, 0.4) is 0 Å². The van der Waals surface area contributed by atoms with Gasteiger partial charge in [-0.15, -0.1) is 0 Å². The molecule has 1 aliphatic rings. The average molecular weight is 223 g/mol. The molecule has 4 nitrogen and oxygen atoms in total. The summed E-state index contributed by atoms with van der Waals surface area (Å²) in [5.74, 6) is 0. The fourth-order valence-corrected chi connectivity index (χ4v) is 2.34. The van der Waals surface area contributed by atoms with E-state index in [-0.39, 0.29) is 6.10 Å². The third-order valence-electron chi connectivity index (χ3n) is 3.37. The minimum Gasteiger partial charge on any atom is -0.392 e. The van der Waals surface area contributed by atoms with Crippen molar-refractivity contribution in [2.45, 2.75) is 38.8 Å². The Hall–Kier alpha value is -0.870. The quantitative estimate of drug-likeness (QED) is 0.829. The van der Waals surface area contributed by atoms with Gasteiger partial charge in [-0.1, -0.05) is 6.92 Å². The van der Waals surface area contributed by atoms with Crippen LogP contribution in [0, 0.1) is 0 Å². The second-order valence-corrected chi connectivity index (χ2v) is 4.64. The van der Waals surface area contributed by atoms with E-state index in [1.54, 1.807) is 0 Å². The first-order valence-electron chi connectivity index (χ1n) is 6.11. The van der Waals surface area contributed by atoms with Gasteiger partial charge in [0.25, 0.3) is 0 Å². The van der Waals surface area contributed by atoms with Crippen molar-refractivity contribution in [3.8, 4) is 0 Å². The highest BCUT2D eigenvalue weighted by Crippen LogP contribution is 2.18. The topological polar surface area (TPSA) is 41.3 Å².